The Kier molecular flexibility index (Phi) is 3.99. The van der Waals surface area contributed by atoms with Gasteiger partial charge in [-0.25, -0.2) is 0 Å². The van der Waals surface area contributed by atoms with E-state index in [-0.39, 0.29) is 5.92 Å². The summed E-state index contributed by atoms with van der Waals surface area (Å²) in [4.78, 5) is 0. The van der Waals surface area contributed by atoms with Crippen LogP contribution in [0.5, 0.6) is 0 Å². The number of hydrogen-bond acceptors (Lipinski definition) is 2. The highest BCUT2D eigenvalue weighted by Gasteiger charge is 2.43. The molecule has 0 saturated carbocycles. The number of alkyl halides is 3. The Morgan fingerprint density at radius 1 is 1.42 bits per heavy atom. The Hall–Kier alpha value is -0.290. The summed E-state index contributed by atoms with van der Waals surface area (Å²) in [5, 5.41) is 8.71. The second kappa shape index (κ2) is 4.09. The van der Waals surface area contributed by atoms with Gasteiger partial charge in [0.1, 0.15) is 0 Å². The van der Waals surface area contributed by atoms with Crippen molar-refractivity contribution in [1.29, 1.82) is 0 Å². The van der Waals surface area contributed by atoms with Crippen molar-refractivity contribution in [3.05, 3.63) is 0 Å². The van der Waals surface area contributed by atoms with Crippen molar-refractivity contribution >= 4 is 0 Å². The molecule has 0 aromatic rings. The van der Waals surface area contributed by atoms with Gasteiger partial charge >= 0.3 is 6.18 Å². The fourth-order valence-corrected chi connectivity index (χ4v) is 0.802. The van der Waals surface area contributed by atoms with Gasteiger partial charge in [-0.05, 0) is 5.92 Å². The van der Waals surface area contributed by atoms with E-state index in [9.17, 15) is 13.2 Å². The maximum absolute atomic E-state index is 11.9. The third-order valence-corrected chi connectivity index (χ3v) is 2.00. The predicted molar refractivity (Wildman–Crippen MR) is 39.5 cm³/mol. The van der Waals surface area contributed by atoms with E-state index in [1.165, 1.54) is 0 Å². The van der Waals surface area contributed by atoms with Crippen molar-refractivity contribution in [2.75, 3.05) is 0 Å². The molecule has 0 spiro atoms. The van der Waals surface area contributed by atoms with E-state index in [2.05, 4.69) is 0 Å². The number of hydrogen-bond donors (Lipinski definition) is 2. The molecule has 0 radical (unpaired) electrons. The Morgan fingerprint density at radius 3 is 2.08 bits per heavy atom. The zero-order chi connectivity index (χ0) is 9.94. The molecular formula is C7H14F3NO. The lowest BCUT2D eigenvalue weighted by Crippen LogP contribution is -2.48. The standard InChI is InChI=1S/C7H14F3NO/c1-3-4(2)5(11)6(12)7(8,9)10/h4-6,12H,3,11H2,1-2H3/t4-,5-,6+/m0/s1. The van der Waals surface area contributed by atoms with E-state index in [4.69, 9.17) is 10.8 Å². The summed E-state index contributed by atoms with van der Waals surface area (Å²) in [6.45, 7) is 3.31. The summed E-state index contributed by atoms with van der Waals surface area (Å²) in [5.74, 6) is -0.332. The van der Waals surface area contributed by atoms with Crippen LogP contribution in [0.25, 0.3) is 0 Å². The third kappa shape index (κ3) is 2.98. The first-order chi connectivity index (χ1) is 5.30. The van der Waals surface area contributed by atoms with E-state index >= 15 is 0 Å². The first-order valence-corrected chi connectivity index (χ1v) is 3.81. The Labute approximate surface area is 69.6 Å². The summed E-state index contributed by atoms with van der Waals surface area (Å²) < 4.78 is 35.6. The molecule has 0 heterocycles. The van der Waals surface area contributed by atoms with E-state index in [1.54, 1.807) is 13.8 Å². The van der Waals surface area contributed by atoms with Crippen LogP contribution < -0.4 is 5.73 Å². The molecule has 74 valence electrons. The quantitative estimate of drug-likeness (QED) is 0.695. The predicted octanol–water partition coefficient (Wildman–Crippen LogP) is 1.28. The lowest BCUT2D eigenvalue weighted by Gasteiger charge is -2.25. The molecule has 0 aliphatic rings. The summed E-state index contributed by atoms with van der Waals surface area (Å²) in [7, 11) is 0. The highest BCUT2D eigenvalue weighted by atomic mass is 19.4. The second-order valence-corrected chi connectivity index (χ2v) is 2.95. The molecule has 2 nitrogen and oxygen atoms in total. The van der Waals surface area contributed by atoms with E-state index < -0.39 is 18.3 Å². The van der Waals surface area contributed by atoms with Gasteiger partial charge in [-0.15, -0.1) is 0 Å². The van der Waals surface area contributed by atoms with Crippen LogP contribution >= 0.6 is 0 Å². The molecule has 3 atom stereocenters. The van der Waals surface area contributed by atoms with Crippen molar-refractivity contribution in [2.45, 2.75) is 38.6 Å². The van der Waals surface area contributed by atoms with Crippen LogP contribution in [0.3, 0.4) is 0 Å². The first-order valence-electron chi connectivity index (χ1n) is 3.81. The van der Waals surface area contributed by atoms with Gasteiger partial charge in [0.15, 0.2) is 6.10 Å². The van der Waals surface area contributed by atoms with Crippen molar-refractivity contribution in [1.82, 2.24) is 0 Å². The van der Waals surface area contributed by atoms with Crippen LogP contribution in [-0.4, -0.2) is 23.4 Å². The molecule has 0 unspecified atom stereocenters. The zero-order valence-electron chi connectivity index (χ0n) is 7.10. The minimum Gasteiger partial charge on any atom is -0.382 e. The minimum absolute atomic E-state index is 0.332. The van der Waals surface area contributed by atoms with E-state index in [0.717, 1.165) is 0 Å². The minimum atomic E-state index is -4.61. The van der Waals surface area contributed by atoms with Gasteiger partial charge in [-0.1, -0.05) is 20.3 Å². The maximum atomic E-state index is 11.9. The first kappa shape index (κ1) is 11.7. The summed E-state index contributed by atoms with van der Waals surface area (Å²) in [6.07, 6.45) is -6.50. The Morgan fingerprint density at radius 2 is 1.83 bits per heavy atom. The molecule has 0 rings (SSSR count). The highest BCUT2D eigenvalue weighted by Crippen LogP contribution is 2.25. The largest absolute Gasteiger partial charge is 0.415 e. The lowest BCUT2D eigenvalue weighted by atomic mass is 9.95. The van der Waals surface area contributed by atoms with Crippen molar-refractivity contribution in [3.63, 3.8) is 0 Å². The van der Waals surface area contributed by atoms with Gasteiger partial charge in [0.2, 0.25) is 0 Å². The number of halogens is 3. The Bertz CT molecular complexity index is 137. The molecule has 5 heteroatoms. The van der Waals surface area contributed by atoms with Gasteiger partial charge in [-0.3, -0.25) is 0 Å². The van der Waals surface area contributed by atoms with Gasteiger partial charge in [0.25, 0.3) is 0 Å². The summed E-state index contributed by atoms with van der Waals surface area (Å²) >= 11 is 0. The van der Waals surface area contributed by atoms with Crippen LogP contribution in [0.2, 0.25) is 0 Å². The normalized spacial score (nSPS) is 20.2. The van der Waals surface area contributed by atoms with Gasteiger partial charge in [-0.2, -0.15) is 13.2 Å². The lowest BCUT2D eigenvalue weighted by molar-refractivity contribution is -0.212. The highest BCUT2D eigenvalue weighted by molar-refractivity contribution is 4.81. The molecule has 0 fully saturated rings. The van der Waals surface area contributed by atoms with Crippen LogP contribution in [0.4, 0.5) is 13.2 Å². The topological polar surface area (TPSA) is 46.2 Å². The fraction of sp³-hybridized carbons (Fsp3) is 1.00. The van der Waals surface area contributed by atoms with Crippen LogP contribution in [0.15, 0.2) is 0 Å². The van der Waals surface area contributed by atoms with Crippen molar-refractivity contribution < 1.29 is 18.3 Å². The summed E-state index contributed by atoms with van der Waals surface area (Å²) in [6, 6.07) is -1.23. The molecule has 0 aromatic heterocycles. The van der Waals surface area contributed by atoms with Gasteiger partial charge in [0.05, 0.1) is 0 Å². The molecule has 0 bridgehead atoms. The maximum Gasteiger partial charge on any atom is 0.415 e. The molecule has 0 saturated heterocycles. The van der Waals surface area contributed by atoms with Crippen LogP contribution in [-0.2, 0) is 0 Å². The monoisotopic (exact) mass is 185 g/mol. The SMILES string of the molecule is CC[C@H](C)[C@H](N)[C@@H](O)C(F)(F)F. The van der Waals surface area contributed by atoms with Gasteiger partial charge in [0, 0.05) is 6.04 Å². The second-order valence-electron chi connectivity index (χ2n) is 2.95. The number of aliphatic hydroxyl groups excluding tert-OH is 1. The number of nitrogens with two attached hydrogens (primary N) is 1. The van der Waals surface area contributed by atoms with Crippen LogP contribution in [0.1, 0.15) is 20.3 Å². The van der Waals surface area contributed by atoms with Crippen LogP contribution in [0, 0.1) is 5.92 Å². The molecule has 0 amide bonds. The molecule has 0 aliphatic heterocycles. The molecule has 0 aromatic carbocycles. The zero-order valence-corrected chi connectivity index (χ0v) is 7.10. The molecule has 0 aliphatic carbocycles. The number of rotatable bonds is 3. The van der Waals surface area contributed by atoms with E-state index in [0.29, 0.717) is 6.42 Å². The Balaban J connectivity index is 4.19. The fourth-order valence-electron chi connectivity index (χ4n) is 0.802. The molecule has 12 heavy (non-hydrogen) atoms. The average Bonchev–Trinajstić information content (AvgIpc) is 1.98. The van der Waals surface area contributed by atoms with Crippen molar-refractivity contribution in [2.24, 2.45) is 11.7 Å². The molecule has 3 N–H and O–H groups in total. The average molecular weight is 185 g/mol. The van der Waals surface area contributed by atoms with Gasteiger partial charge < -0.3 is 10.8 Å². The smallest absolute Gasteiger partial charge is 0.382 e. The van der Waals surface area contributed by atoms with Crippen molar-refractivity contribution in [3.8, 4) is 0 Å². The third-order valence-electron chi connectivity index (χ3n) is 2.00. The molecular weight excluding hydrogens is 171 g/mol. The van der Waals surface area contributed by atoms with E-state index in [1.807, 2.05) is 0 Å². The summed E-state index contributed by atoms with van der Waals surface area (Å²) in [5.41, 5.74) is 5.19. The number of aliphatic hydroxyl groups is 1.